The van der Waals surface area contributed by atoms with Gasteiger partial charge in [-0.25, -0.2) is 0 Å². The molecule has 0 aliphatic heterocycles. The molecular formula is C16H32N4P2. The summed E-state index contributed by atoms with van der Waals surface area (Å²) in [6.45, 7) is 17.4. The maximum atomic E-state index is 4.68. The minimum absolute atomic E-state index is 0.570. The zero-order chi connectivity index (χ0) is 17.4. The molecule has 6 heteroatoms. The lowest BCUT2D eigenvalue weighted by molar-refractivity contribution is 0.685. The third-order valence-electron chi connectivity index (χ3n) is 3.30. The maximum Gasteiger partial charge on any atom is 0.0916 e. The van der Waals surface area contributed by atoms with Gasteiger partial charge < -0.3 is 0 Å². The van der Waals surface area contributed by atoms with E-state index in [4.69, 9.17) is 0 Å². The third kappa shape index (κ3) is 4.64. The molecule has 0 aromatic carbocycles. The highest BCUT2D eigenvalue weighted by Gasteiger charge is 2.15. The summed E-state index contributed by atoms with van der Waals surface area (Å²) in [4.78, 5) is 0. The molecule has 0 spiro atoms. The highest BCUT2D eigenvalue weighted by molar-refractivity contribution is 7.55. The fraction of sp³-hybridized carbons (Fsp3) is 0.625. The molecule has 2 rings (SSSR count). The van der Waals surface area contributed by atoms with Crippen LogP contribution in [0.1, 0.15) is 51.4 Å². The average molecular weight is 342 g/mol. The topological polar surface area (TPSA) is 35.6 Å². The number of aryl methyl sites for hydroxylation is 3. The summed E-state index contributed by atoms with van der Waals surface area (Å²) in [5.41, 5.74) is 7.31. The van der Waals surface area contributed by atoms with E-state index in [0.717, 1.165) is 12.2 Å². The molecule has 126 valence electrons. The third-order valence-corrected chi connectivity index (χ3v) is 5.67. The van der Waals surface area contributed by atoms with E-state index in [-0.39, 0.29) is 0 Å². The van der Waals surface area contributed by atoms with Crippen molar-refractivity contribution < 1.29 is 0 Å². The minimum atomic E-state index is 0.570. The molecular weight excluding hydrogens is 310 g/mol. The molecule has 0 saturated heterocycles. The van der Waals surface area contributed by atoms with E-state index >= 15 is 0 Å². The van der Waals surface area contributed by atoms with Gasteiger partial charge in [0.25, 0.3) is 0 Å². The summed E-state index contributed by atoms with van der Waals surface area (Å²) in [5.74, 6) is 0. The molecule has 0 fully saturated rings. The van der Waals surface area contributed by atoms with Crippen LogP contribution >= 0.6 is 17.8 Å². The second kappa shape index (κ2) is 10.1. The van der Waals surface area contributed by atoms with Crippen LogP contribution in [0.5, 0.6) is 0 Å². The van der Waals surface area contributed by atoms with Crippen molar-refractivity contribution in [2.45, 2.75) is 61.9 Å². The van der Waals surface area contributed by atoms with E-state index in [1.54, 1.807) is 0 Å². The number of aromatic nitrogens is 4. The molecule has 4 nitrogen and oxygen atoms in total. The van der Waals surface area contributed by atoms with Crippen molar-refractivity contribution >= 4 is 34.1 Å². The van der Waals surface area contributed by atoms with Gasteiger partial charge in [0, 0.05) is 19.2 Å². The summed E-state index contributed by atoms with van der Waals surface area (Å²) in [6.07, 6.45) is 0. The first-order valence-corrected chi connectivity index (χ1v) is 9.63. The first kappa shape index (κ1) is 21.3. The van der Waals surface area contributed by atoms with Crippen molar-refractivity contribution in [2.75, 3.05) is 0 Å². The second-order valence-corrected chi connectivity index (χ2v) is 6.23. The lowest BCUT2D eigenvalue weighted by Crippen LogP contribution is -2.17. The molecule has 2 heterocycles. The van der Waals surface area contributed by atoms with Crippen LogP contribution in [-0.2, 0) is 13.6 Å². The highest BCUT2D eigenvalue weighted by atomic mass is 31.1. The van der Waals surface area contributed by atoms with E-state index in [1.165, 1.54) is 27.4 Å². The lowest BCUT2D eigenvalue weighted by Gasteiger charge is -2.02. The second-order valence-electron chi connectivity index (χ2n) is 4.48. The van der Waals surface area contributed by atoms with Crippen LogP contribution in [0, 0.1) is 20.8 Å². The van der Waals surface area contributed by atoms with Gasteiger partial charge in [-0.05, 0) is 41.8 Å². The fourth-order valence-corrected chi connectivity index (χ4v) is 3.79. The monoisotopic (exact) mass is 342 g/mol. The van der Waals surface area contributed by atoms with Crippen LogP contribution in [0.2, 0.25) is 0 Å². The van der Waals surface area contributed by atoms with Crippen molar-refractivity contribution in [2.24, 2.45) is 7.05 Å². The Morgan fingerprint density at radius 1 is 1.00 bits per heavy atom. The van der Waals surface area contributed by atoms with Crippen molar-refractivity contribution in [1.82, 2.24) is 19.6 Å². The van der Waals surface area contributed by atoms with Crippen molar-refractivity contribution in [3.8, 4) is 0 Å². The molecule has 22 heavy (non-hydrogen) atoms. The highest BCUT2D eigenvalue weighted by Crippen LogP contribution is 2.16. The van der Waals surface area contributed by atoms with Crippen molar-refractivity contribution in [3.63, 3.8) is 0 Å². The summed E-state index contributed by atoms with van der Waals surface area (Å²) in [6, 6.07) is 0. The van der Waals surface area contributed by atoms with Gasteiger partial charge in [0.05, 0.1) is 22.0 Å². The van der Waals surface area contributed by atoms with Gasteiger partial charge in [-0.2, -0.15) is 10.2 Å². The Morgan fingerprint density at radius 2 is 1.55 bits per heavy atom. The standard InChI is InChI=1S/C12H20N4P2.2C2H6/c1-6-16-11(17)8(3)10(14-16)18-12-7(2)9(4)13-15(12)5;2*1-2/h18H,6,17H2,1-5H3;2*1-2H3. The summed E-state index contributed by atoms with van der Waals surface area (Å²) >= 11 is 0. The van der Waals surface area contributed by atoms with Crippen molar-refractivity contribution in [3.05, 3.63) is 16.8 Å². The molecule has 2 unspecified atom stereocenters. The normalized spacial score (nSPS) is 10.3. The van der Waals surface area contributed by atoms with E-state index < -0.39 is 0 Å². The van der Waals surface area contributed by atoms with Crippen LogP contribution in [0.3, 0.4) is 0 Å². The molecule has 2 aromatic rings. The summed E-state index contributed by atoms with van der Waals surface area (Å²) < 4.78 is 4.02. The van der Waals surface area contributed by atoms with E-state index in [1.807, 2.05) is 44.1 Å². The van der Waals surface area contributed by atoms with Gasteiger partial charge in [0.2, 0.25) is 0 Å². The number of hydrogen-bond acceptors (Lipinski definition) is 2. The molecule has 0 N–H and O–H groups in total. The molecule has 0 aliphatic rings. The molecule has 2 aromatic heterocycles. The Hall–Kier alpha value is -0.720. The summed E-state index contributed by atoms with van der Waals surface area (Å²) in [7, 11) is 5.37. The van der Waals surface area contributed by atoms with Crippen LogP contribution in [0.25, 0.3) is 0 Å². The molecule has 0 radical (unpaired) electrons. The zero-order valence-electron chi connectivity index (χ0n) is 15.6. The molecule has 2 atom stereocenters. The summed E-state index contributed by atoms with van der Waals surface area (Å²) in [5, 5.41) is 9.15. The average Bonchev–Trinajstić information content (AvgIpc) is 2.95. The predicted molar refractivity (Wildman–Crippen MR) is 105 cm³/mol. The van der Waals surface area contributed by atoms with Gasteiger partial charge in [-0.1, -0.05) is 36.9 Å². The van der Waals surface area contributed by atoms with Gasteiger partial charge in [-0.15, -0.1) is 0 Å². The predicted octanol–water partition coefficient (Wildman–Crippen LogP) is 2.74. The first-order chi connectivity index (χ1) is 10.5. The Balaban J connectivity index is 0.00000102. The molecule has 0 saturated carbocycles. The molecule has 0 amide bonds. The molecule has 0 aliphatic carbocycles. The Kier molecular flexibility index (Phi) is 9.80. The quantitative estimate of drug-likeness (QED) is 0.804. The molecule has 0 bridgehead atoms. The van der Waals surface area contributed by atoms with Crippen LogP contribution in [-0.4, -0.2) is 19.6 Å². The van der Waals surface area contributed by atoms with Crippen LogP contribution < -0.4 is 16.3 Å². The smallest absolute Gasteiger partial charge is 0.0916 e. The number of nitrogens with zero attached hydrogens (tertiary/aromatic N) is 4. The van der Waals surface area contributed by atoms with E-state index in [2.05, 4.69) is 47.1 Å². The maximum absolute atomic E-state index is 4.68. The van der Waals surface area contributed by atoms with Gasteiger partial charge in [0.15, 0.2) is 0 Å². The van der Waals surface area contributed by atoms with Gasteiger partial charge in [0.1, 0.15) is 0 Å². The fourth-order valence-electron chi connectivity index (χ4n) is 1.98. The first-order valence-electron chi connectivity index (χ1n) is 8.05. The number of rotatable bonds is 3. The van der Waals surface area contributed by atoms with Crippen LogP contribution in [0.15, 0.2) is 0 Å². The Bertz CT molecular complexity index is 585. The Morgan fingerprint density at radius 3 is 1.91 bits per heavy atom. The minimum Gasteiger partial charge on any atom is -0.268 e. The Labute approximate surface area is 140 Å². The van der Waals surface area contributed by atoms with E-state index in [0.29, 0.717) is 8.58 Å². The van der Waals surface area contributed by atoms with Crippen molar-refractivity contribution in [1.29, 1.82) is 0 Å². The van der Waals surface area contributed by atoms with Crippen LogP contribution in [0.4, 0.5) is 0 Å². The van der Waals surface area contributed by atoms with Gasteiger partial charge >= 0.3 is 0 Å². The number of hydrogen-bond donors (Lipinski definition) is 0. The zero-order valence-corrected chi connectivity index (χ0v) is 17.7. The lowest BCUT2D eigenvalue weighted by atomic mass is 10.3. The van der Waals surface area contributed by atoms with E-state index in [9.17, 15) is 0 Å². The largest absolute Gasteiger partial charge is 0.268 e. The van der Waals surface area contributed by atoms with Gasteiger partial charge in [-0.3, -0.25) is 9.36 Å². The SMILES string of the molecule is CC.CC.CCn1nc(Pc2c(C)c(C)nn2C)c(C)c1P.